The zero-order valence-electron chi connectivity index (χ0n) is 13.7. The molecule has 1 aromatic carbocycles. The minimum Gasteiger partial charge on any atom is -0.370 e. The van der Waals surface area contributed by atoms with Crippen molar-refractivity contribution in [2.45, 2.75) is 52.5 Å². The average molecular weight is 309 g/mol. The van der Waals surface area contributed by atoms with Crippen molar-refractivity contribution in [3.63, 3.8) is 0 Å². The summed E-state index contributed by atoms with van der Waals surface area (Å²) in [5, 5.41) is 4.41. The number of piperidine rings is 1. The quantitative estimate of drug-likeness (QED) is 0.793. The van der Waals surface area contributed by atoms with Gasteiger partial charge in [-0.1, -0.05) is 37.9 Å². The molecular weight excluding hydrogens is 280 g/mol. The molecule has 1 unspecified atom stereocenters. The van der Waals surface area contributed by atoms with Crippen molar-refractivity contribution >= 4 is 17.3 Å². The van der Waals surface area contributed by atoms with E-state index in [1.807, 2.05) is 0 Å². The molecule has 0 saturated carbocycles. The molecule has 118 valence electrons. The molecule has 1 atom stereocenters. The number of hydrogen-bond acceptors (Lipinski definition) is 2. The molecule has 3 heteroatoms. The highest BCUT2D eigenvalue weighted by molar-refractivity contribution is 6.33. The molecule has 1 aromatic rings. The van der Waals surface area contributed by atoms with Gasteiger partial charge in [0, 0.05) is 19.1 Å². The highest BCUT2D eigenvalue weighted by Crippen LogP contribution is 2.32. The van der Waals surface area contributed by atoms with Crippen LogP contribution in [0.5, 0.6) is 0 Å². The maximum atomic E-state index is 6.54. The van der Waals surface area contributed by atoms with Gasteiger partial charge in [0.15, 0.2) is 0 Å². The zero-order chi connectivity index (χ0) is 15.2. The molecular formula is C18H29ClN2. The van der Waals surface area contributed by atoms with Crippen molar-refractivity contribution < 1.29 is 0 Å². The Morgan fingerprint density at radius 1 is 1.29 bits per heavy atom. The molecule has 2 rings (SSSR count). The Morgan fingerprint density at radius 3 is 2.57 bits per heavy atom. The van der Waals surface area contributed by atoms with Crippen LogP contribution in [0.4, 0.5) is 5.69 Å². The van der Waals surface area contributed by atoms with Crippen LogP contribution in [0, 0.1) is 5.92 Å². The monoisotopic (exact) mass is 308 g/mol. The molecule has 1 heterocycles. The second-order valence-corrected chi connectivity index (χ2v) is 6.63. The summed E-state index contributed by atoms with van der Waals surface area (Å²) >= 11 is 6.54. The van der Waals surface area contributed by atoms with E-state index < -0.39 is 0 Å². The predicted molar refractivity (Wildman–Crippen MR) is 93.4 cm³/mol. The molecule has 1 aliphatic heterocycles. The second-order valence-electron chi connectivity index (χ2n) is 6.23. The Balaban J connectivity index is 2.02. The third-order valence-electron chi connectivity index (χ3n) is 4.70. The van der Waals surface area contributed by atoms with Crippen molar-refractivity contribution in [3.8, 4) is 0 Å². The van der Waals surface area contributed by atoms with Crippen LogP contribution < -0.4 is 10.2 Å². The number of nitrogens with one attached hydrogen (secondary N) is 1. The molecule has 0 aliphatic carbocycles. The van der Waals surface area contributed by atoms with E-state index in [1.54, 1.807) is 0 Å². The van der Waals surface area contributed by atoms with Crippen LogP contribution >= 0.6 is 11.6 Å². The normalized spacial score (nSPS) is 18.0. The first-order valence-corrected chi connectivity index (χ1v) is 8.81. The Morgan fingerprint density at radius 2 is 2.00 bits per heavy atom. The van der Waals surface area contributed by atoms with Gasteiger partial charge in [-0.2, -0.15) is 0 Å². The fourth-order valence-corrected chi connectivity index (χ4v) is 3.42. The lowest BCUT2D eigenvalue weighted by Crippen LogP contribution is -2.33. The Kier molecular flexibility index (Phi) is 6.38. The summed E-state index contributed by atoms with van der Waals surface area (Å²) in [6.45, 7) is 10.0. The number of halogens is 1. The maximum Gasteiger partial charge on any atom is 0.0642 e. The van der Waals surface area contributed by atoms with E-state index in [9.17, 15) is 0 Å². The molecule has 21 heavy (non-hydrogen) atoms. The molecule has 1 saturated heterocycles. The van der Waals surface area contributed by atoms with Gasteiger partial charge in [0.2, 0.25) is 0 Å². The number of rotatable bonds is 6. The van der Waals surface area contributed by atoms with Gasteiger partial charge >= 0.3 is 0 Å². The van der Waals surface area contributed by atoms with Gasteiger partial charge < -0.3 is 10.2 Å². The minimum absolute atomic E-state index is 0.363. The van der Waals surface area contributed by atoms with Crippen molar-refractivity contribution in [2.75, 3.05) is 24.5 Å². The van der Waals surface area contributed by atoms with Gasteiger partial charge in [-0.3, -0.25) is 0 Å². The highest BCUT2D eigenvalue weighted by Gasteiger charge is 2.20. The van der Waals surface area contributed by atoms with Crippen molar-refractivity contribution in [1.82, 2.24) is 5.32 Å². The van der Waals surface area contributed by atoms with Crippen LogP contribution in [-0.4, -0.2) is 19.6 Å². The van der Waals surface area contributed by atoms with E-state index >= 15 is 0 Å². The van der Waals surface area contributed by atoms with Crippen LogP contribution in [0.2, 0.25) is 5.02 Å². The fraction of sp³-hybridized carbons (Fsp3) is 0.667. The van der Waals surface area contributed by atoms with E-state index in [-0.39, 0.29) is 0 Å². The summed E-state index contributed by atoms with van der Waals surface area (Å²) in [6.07, 6.45) is 5.05. The predicted octanol–water partition coefficient (Wildman–Crippen LogP) is 5.03. The lowest BCUT2D eigenvalue weighted by molar-refractivity contribution is 0.395. The largest absolute Gasteiger partial charge is 0.370 e. The lowest BCUT2D eigenvalue weighted by Gasteiger charge is -2.34. The van der Waals surface area contributed by atoms with E-state index in [2.05, 4.69) is 49.2 Å². The lowest BCUT2D eigenvalue weighted by atomic mass is 9.94. The standard InChI is InChI=1S/C18H29ClN2/c1-4-10-20-14(3)16-6-7-18(17(19)13-16)21-11-8-15(5-2)9-12-21/h6-7,13-15,20H,4-5,8-12H2,1-3H3. The third-order valence-corrected chi connectivity index (χ3v) is 5.01. The third kappa shape index (κ3) is 4.37. The summed E-state index contributed by atoms with van der Waals surface area (Å²) in [5.41, 5.74) is 2.48. The van der Waals surface area contributed by atoms with Crippen LogP contribution in [0.1, 0.15) is 58.1 Å². The average Bonchev–Trinajstić information content (AvgIpc) is 2.52. The Labute approximate surface area is 134 Å². The summed E-state index contributed by atoms with van der Waals surface area (Å²) in [6, 6.07) is 6.92. The number of hydrogen-bond donors (Lipinski definition) is 1. The second kappa shape index (κ2) is 8.05. The van der Waals surface area contributed by atoms with E-state index in [0.29, 0.717) is 6.04 Å². The molecule has 0 amide bonds. The van der Waals surface area contributed by atoms with Crippen LogP contribution in [0.25, 0.3) is 0 Å². The van der Waals surface area contributed by atoms with Crippen LogP contribution in [-0.2, 0) is 0 Å². The minimum atomic E-state index is 0.363. The van der Waals surface area contributed by atoms with Gasteiger partial charge in [-0.05, 0) is 56.3 Å². The first-order chi connectivity index (χ1) is 10.2. The van der Waals surface area contributed by atoms with Gasteiger partial charge in [-0.25, -0.2) is 0 Å². The molecule has 2 nitrogen and oxygen atoms in total. The molecule has 1 aliphatic rings. The Bertz CT molecular complexity index is 439. The summed E-state index contributed by atoms with van der Waals surface area (Å²) in [5.74, 6) is 0.901. The summed E-state index contributed by atoms with van der Waals surface area (Å²) in [4.78, 5) is 2.45. The molecule has 0 radical (unpaired) electrons. The maximum absolute atomic E-state index is 6.54. The summed E-state index contributed by atoms with van der Waals surface area (Å²) < 4.78 is 0. The first-order valence-electron chi connectivity index (χ1n) is 8.43. The van der Waals surface area contributed by atoms with Gasteiger partial charge in [0.05, 0.1) is 10.7 Å². The van der Waals surface area contributed by atoms with Crippen molar-refractivity contribution in [1.29, 1.82) is 0 Å². The number of anilines is 1. The SMILES string of the molecule is CCCNC(C)c1ccc(N2CCC(CC)CC2)c(Cl)c1. The van der Waals surface area contributed by atoms with Crippen LogP contribution in [0.15, 0.2) is 18.2 Å². The molecule has 0 bridgehead atoms. The molecule has 0 spiro atoms. The van der Waals surface area contributed by atoms with Crippen molar-refractivity contribution in [3.05, 3.63) is 28.8 Å². The van der Waals surface area contributed by atoms with Gasteiger partial charge in [-0.15, -0.1) is 0 Å². The zero-order valence-corrected chi connectivity index (χ0v) is 14.4. The van der Waals surface area contributed by atoms with Gasteiger partial charge in [0.25, 0.3) is 0 Å². The topological polar surface area (TPSA) is 15.3 Å². The molecule has 0 aromatic heterocycles. The Hall–Kier alpha value is -0.730. The summed E-state index contributed by atoms with van der Waals surface area (Å²) in [7, 11) is 0. The van der Waals surface area contributed by atoms with E-state index in [4.69, 9.17) is 11.6 Å². The molecule has 1 fully saturated rings. The molecule has 1 N–H and O–H groups in total. The fourth-order valence-electron chi connectivity index (χ4n) is 3.11. The number of benzene rings is 1. The van der Waals surface area contributed by atoms with E-state index in [0.717, 1.165) is 37.0 Å². The van der Waals surface area contributed by atoms with Gasteiger partial charge in [0.1, 0.15) is 0 Å². The number of nitrogens with zero attached hydrogens (tertiary/aromatic N) is 1. The smallest absolute Gasteiger partial charge is 0.0642 e. The highest BCUT2D eigenvalue weighted by atomic mass is 35.5. The van der Waals surface area contributed by atoms with Crippen LogP contribution in [0.3, 0.4) is 0 Å². The first kappa shape index (κ1) is 16.6. The van der Waals surface area contributed by atoms with E-state index in [1.165, 1.54) is 30.5 Å². The van der Waals surface area contributed by atoms with Crippen molar-refractivity contribution in [2.24, 2.45) is 5.92 Å².